The number of urea groups is 1. The van der Waals surface area contributed by atoms with Crippen molar-refractivity contribution in [2.75, 3.05) is 6.54 Å². The van der Waals surface area contributed by atoms with Crippen LogP contribution in [0.3, 0.4) is 0 Å². The van der Waals surface area contributed by atoms with E-state index in [1.54, 1.807) is 6.92 Å². The summed E-state index contributed by atoms with van der Waals surface area (Å²) in [5.41, 5.74) is 0.594. The van der Waals surface area contributed by atoms with E-state index in [2.05, 4.69) is 10.6 Å². The molecule has 0 aliphatic carbocycles. The van der Waals surface area contributed by atoms with Gasteiger partial charge in [-0.25, -0.2) is 4.79 Å². The molecule has 4 nitrogen and oxygen atoms in total. The van der Waals surface area contributed by atoms with Gasteiger partial charge in [0.25, 0.3) is 0 Å². The maximum atomic E-state index is 11.6. The van der Waals surface area contributed by atoms with Crippen molar-refractivity contribution in [2.24, 2.45) is 0 Å². The standard InChI is InChI=1S/C13H20N2O2/c1-10(16)9-14-12(17)15-13(2,3)11-7-5-4-6-8-11/h4-8,10,16H,9H2,1-3H3,(H2,14,15,17). The van der Waals surface area contributed by atoms with Gasteiger partial charge in [0.05, 0.1) is 11.6 Å². The average Bonchev–Trinajstić information content (AvgIpc) is 2.27. The molecule has 0 saturated carbocycles. The fraction of sp³-hybridized carbons (Fsp3) is 0.462. The van der Waals surface area contributed by atoms with Crippen LogP contribution < -0.4 is 10.6 Å². The first kappa shape index (κ1) is 13.5. The van der Waals surface area contributed by atoms with Crippen molar-refractivity contribution in [3.63, 3.8) is 0 Å². The summed E-state index contributed by atoms with van der Waals surface area (Å²) < 4.78 is 0. The largest absolute Gasteiger partial charge is 0.392 e. The Morgan fingerprint density at radius 3 is 2.47 bits per heavy atom. The Kier molecular flexibility index (Phi) is 4.52. The van der Waals surface area contributed by atoms with E-state index in [1.165, 1.54) is 0 Å². The van der Waals surface area contributed by atoms with Gasteiger partial charge in [-0.15, -0.1) is 0 Å². The highest BCUT2D eigenvalue weighted by Crippen LogP contribution is 2.18. The monoisotopic (exact) mass is 236 g/mol. The molecule has 0 aliphatic heterocycles. The van der Waals surface area contributed by atoms with Gasteiger partial charge in [-0.3, -0.25) is 0 Å². The van der Waals surface area contributed by atoms with Crippen LogP contribution in [0.5, 0.6) is 0 Å². The van der Waals surface area contributed by atoms with Crippen LogP contribution in [0.1, 0.15) is 26.3 Å². The van der Waals surface area contributed by atoms with Crippen LogP contribution in [0.2, 0.25) is 0 Å². The number of amides is 2. The molecule has 0 heterocycles. The number of aliphatic hydroxyl groups excluding tert-OH is 1. The number of aliphatic hydroxyl groups is 1. The zero-order valence-electron chi connectivity index (χ0n) is 10.5. The van der Waals surface area contributed by atoms with Crippen molar-refractivity contribution in [1.29, 1.82) is 0 Å². The normalized spacial score (nSPS) is 12.9. The molecule has 1 aromatic rings. The van der Waals surface area contributed by atoms with E-state index in [0.717, 1.165) is 5.56 Å². The van der Waals surface area contributed by atoms with E-state index < -0.39 is 11.6 Å². The molecule has 1 rings (SSSR count). The van der Waals surface area contributed by atoms with Gasteiger partial charge in [-0.05, 0) is 26.3 Å². The molecule has 4 heteroatoms. The van der Waals surface area contributed by atoms with Crippen molar-refractivity contribution < 1.29 is 9.90 Å². The molecule has 17 heavy (non-hydrogen) atoms. The van der Waals surface area contributed by atoms with Gasteiger partial charge in [-0.2, -0.15) is 0 Å². The Morgan fingerprint density at radius 1 is 1.35 bits per heavy atom. The van der Waals surface area contributed by atoms with Gasteiger partial charge in [-0.1, -0.05) is 30.3 Å². The summed E-state index contributed by atoms with van der Waals surface area (Å²) in [6.07, 6.45) is -0.541. The topological polar surface area (TPSA) is 61.4 Å². The van der Waals surface area contributed by atoms with Crippen molar-refractivity contribution in [1.82, 2.24) is 10.6 Å². The van der Waals surface area contributed by atoms with Gasteiger partial charge in [0.1, 0.15) is 0 Å². The number of hydrogen-bond donors (Lipinski definition) is 3. The molecule has 1 atom stereocenters. The van der Waals surface area contributed by atoms with E-state index >= 15 is 0 Å². The summed E-state index contributed by atoms with van der Waals surface area (Å²) >= 11 is 0. The molecule has 1 unspecified atom stereocenters. The number of carbonyl (C=O) groups is 1. The van der Waals surface area contributed by atoms with Gasteiger partial charge in [0, 0.05) is 6.54 Å². The molecule has 3 N–H and O–H groups in total. The highest BCUT2D eigenvalue weighted by molar-refractivity contribution is 5.75. The smallest absolute Gasteiger partial charge is 0.315 e. The van der Waals surface area contributed by atoms with Crippen LogP contribution in [0.4, 0.5) is 4.79 Å². The minimum atomic E-state index is -0.541. The molecule has 1 aromatic carbocycles. The zero-order valence-corrected chi connectivity index (χ0v) is 10.5. The molecule has 0 spiro atoms. The van der Waals surface area contributed by atoms with E-state index in [0.29, 0.717) is 0 Å². The van der Waals surface area contributed by atoms with Crippen molar-refractivity contribution in [3.05, 3.63) is 35.9 Å². The number of rotatable bonds is 4. The Balaban J connectivity index is 2.58. The van der Waals surface area contributed by atoms with Crippen molar-refractivity contribution in [2.45, 2.75) is 32.4 Å². The van der Waals surface area contributed by atoms with Crippen LogP contribution >= 0.6 is 0 Å². The third kappa shape index (κ3) is 4.44. The molecule has 0 aromatic heterocycles. The third-order valence-corrected chi connectivity index (χ3v) is 2.48. The SMILES string of the molecule is CC(O)CNC(=O)NC(C)(C)c1ccccc1. The Hall–Kier alpha value is -1.55. The maximum absolute atomic E-state index is 11.6. The van der Waals surface area contributed by atoms with E-state index in [-0.39, 0.29) is 12.6 Å². The van der Waals surface area contributed by atoms with Crippen molar-refractivity contribution >= 4 is 6.03 Å². The summed E-state index contributed by atoms with van der Waals surface area (Å²) in [6, 6.07) is 9.47. The highest BCUT2D eigenvalue weighted by Gasteiger charge is 2.22. The molecule has 0 radical (unpaired) electrons. The summed E-state index contributed by atoms with van der Waals surface area (Å²) in [7, 11) is 0. The third-order valence-electron chi connectivity index (χ3n) is 2.48. The Bertz CT molecular complexity index is 361. The van der Waals surface area contributed by atoms with Crippen LogP contribution in [-0.2, 0) is 5.54 Å². The zero-order chi connectivity index (χ0) is 12.9. The van der Waals surface area contributed by atoms with Crippen LogP contribution in [0, 0.1) is 0 Å². The van der Waals surface area contributed by atoms with Gasteiger partial charge in [0.15, 0.2) is 0 Å². The molecular formula is C13H20N2O2. The minimum absolute atomic E-state index is 0.247. The van der Waals surface area contributed by atoms with Gasteiger partial charge < -0.3 is 15.7 Å². The molecular weight excluding hydrogens is 216 g/mol. The van der Waals surface area contributed by atoms with Crippen molar-refractivity contribution in [3.8, 4) is 0 Å². The lowest BCUT2D eigenvalue weighted by Crippen LogP contribution is -2.47. The Labute approximate surface area is 102 Å². The second kappa shape index (κ2) is 5.68. The molecule has 0 fully saturated rings. The first-order valence-corrected chi connectivity index (χ1v) is 5.71. The first-order chi connectivity index (χ1) is 7.92. The number of carbonyl (C=O) groups excluding carboxylic acids is 1. The van der Waals surface area contributed by atoms with Crippen LogP contribution in [0.25, 0.3) is 0 Å². The van der Waals surface area contributed by atoms with E-state index in [4.69, 9.17) is 5.11 Å². The molecule has 0 aliphatic rings. The van der Waals surface area contributed by atoms with Gasteiger partial charge >= 0.3 is 6.03 Å². The Morgan fingerprint density at radius 2 is 1.94 bits per heavy atom. The lowest BCUT2D eigenvalue weighted by atomic mass is 9.95. The molecule has 94 valence electrons. The quantitative estimate of drug-likeness (QED) is 0.743. The number of nitrogens with one attached hydrogen (secondary N) is 2. The predicted octanol–water partition coefficient (Wildman–Crippen LogP) is 1.60. The minimum Gasteiger partial charge on any atom is -0.392 e. The highest BCUT2D eigenvalue weighted by atomic mass is 16.3. The fourth-order valence-electron chi connectivity index (χ4n) is 1.50. The number of benzene rings is 1. The molecule has 0 bridgehead atoms. The lowest BCUT2D eigenvalue weighted by molar-refractivity contribution is 0.185. The number of hydrogen-bond acceptors (Lipinski definition) is 2. The first-order valence-electron chi connectivity index (χ1n) is 5.71. The van der Waals surface area contributed by atoms with Crippen LogP contribution in [-0.4, -0.2) is 23.8 Å². The second-order valence-corrected chi connectivity index (χ2v) is 4.68. The van der Waals surface area contributed by atoms with E-state index in [1.807, 2.05) is 44.2 Å². The maximum Gasteiger partial charge on any atom is 0.315 e. The summed E-state index contributed by atoms with van der Waals surface area (Å²) in [5.74, 6) is 0. The van der Waals surface area contributed by atoms with Crippen LogP contribution in [0.15, 0.2) is 30.3 Å². The second-order valence-electron chi connectivity index (χ2n) is 4.68. The summed E-state index contributed by atoms with van der Waals surface area (Å²) in [4.78, 5) is 11.6. The van der Waals surface area contributed by atoms with Gasteiger partial charge in [0.2, 0.25) is 0 Å². The fourth-order valence-corrected chi connectivity index (χ4v) is 1.50. The average molecular weight is 236 g/mol. The molecule has 0 saturated heterocycles. The summed E-state index contributed by atoms with van der Waals surface area (Å²) in [5, 5.41) is 14.5. The van der Waals surface area contributed by atoms with E-state index in [9.17, 15) is 4.79 Å². The lowest BCUT2D eigenvalue weighted by Gasteiger charge is -2.27. The predicted molar refractivity (Wildman–Crippen MR) is 67.7 cm³/mol. The summed E-state index contributed by atoms with van der Waals surface area (Å²) in [6.45, 7) is 5.74. The molecule has 2 amide bonds.